The Balaban J connectivity index is 1.70. The van der Waals surface area contributed by atoms with Gasteiger partial charge in [0.1, 0.15) is 0 Å². The molecule has 0 aromatic heterocycles. The predicted molar refractivity (Wildman–Crippen MR) is 75.5 cm³/mol. The molecular weight excluding hydrogens is 258 g/mol. The van der Waals surface area contributed by atoms with Gasteiger partial charge in [-0.1, -0.05) is 0 Å². The lowest BCUT2D eigenvalue weighted by atomic mass is 9.93. The average molecular weight is 283 g/mol. The minimum absolute atomic E-state index is 0.198. The standard InChI is InChI=1S/C14H25N3O3/c1-15-6-8-16(9-7-15)11-13(18)17-4-2-12(3-5-17)10-14(19)20/h12H,2-11H2,1H3,(H,19,20). The van der Waals surface area contributed by atoms with E-state index in [0.29, 0.717) is 19.6 Å². The topological polar surface area (TPSA) is 64.1 Å². The zero-order valence-corrected chi connectivity index (χ0v) is 12.3. The number of hydrogen-bond acceptors (Lipinski definition) is 4. The van der Waals surface area contributed by atoms with Crippen LogP contribution in [0.1, 0.15) is 19.3 Å². The minimum atomic E-state index is -0.729. The van der Waals surface area contributed by atoms with E-state index in [2.05, 4.69) is 16.8 Å². The lowest BCUT2D eigenvalue weighted by Gasteiger charge is -2.35. The van der Waals surface area contributed by atoms with Crippen LogP contribution in [0.3, 0.4) is 0 Å². The quantitative estimate of drug-likeness (QED) is 0.783. The van der Waals surface area contributed by atoms with Crippen LogP contribution in [0.5, 0.6) is 0 Å². The van der Waals surface area contributed by atoms with E-state index in [-0.39, 0.29) is 18.2 Å². The molecule has 0 bridgehead atoms. The van der Waals surface area contributed by atoms with Gasteiger partial charge < -0.3 is 14.9 Å². The van der Waals surface area contributed by atoms with Gasteiger partial charge in [-0.05, 0) is 25.8 Å². The molecule has 1 amide bonds. The van der Waals surface area contributed by atoms with E-state index in [1.165, 1.54) is 0 Å². The van der Waals surface area contributed by atoms with Crippen molar-refractivity contribution in [2.75, 3.05) is 52.9 Å². The lowest BCUT2D eigenvalue weighted by molar-refractivity contribution is -0.138. The number of likely N-dealkylation sites (N-methyl/N-ethyl adjacent to an activating group) is 1. The van der Waals surface area contributed by atoms with E-state index in [9.17, 15) is 9.59 Å². The van der Waals surface area contributed by atoms with Crippen LogP contribution in [-0.2, 0) is 9.59 Å². The molecule has 0 unspecified atom stereocenters. The molecular formula is C14H25N3O3. The Hall–Kier alpha value is -1.14. The molecule has 20 heavy (non-hydrogen) atoms. The van der Waals surface area contributed by atoms with Crippen molar-refractivity contribution < 1.29 is 14.7 Å². The second kappa shape index (κ2) is 7.04. The summed E-state index contributed by atoms with van der Waals surface area (Å²) in [6.45, 7) is 5.89. The summed E-state index contributed by atoms with van der Waals surface area (Å²) in [6.07, 6.45) is 1.88. The van der Waals surface area contributed by atoms with E-state index in [4.69, 9.17) is 5.11 Å². The van der Waals surface area contributed by atoms with Crippen molar-refractivity contribution >= 4 is 11.9 Å². The second-order valence-corrected chi connectivity index (χ2v) is 6.00. The molecule has 0 saturated carbocycles. The van der Waals surface area contributed by atoms with Gasteiger partial charge in [0.15, 0.2) is 0 Å². The normalized spacial score (nSPS) is 22.9. The van der Waals surface area contributed by atoms with E-state index >= 15 is 0 Å². The van der Waals surface area contributed by atoms with Crippen molar-refractivity contribution in [1.82, 2.24) is 14.7 Å². The largest absolute Gasteiger partial charge is 0.481 e. The summed E-state index contributed by atoms with van der Waals surface area (Å²) in [7, 11) is 2.10. The molecule has 114 valence electrons. The minimum Gasteiger partial charge on any atom is -0.481 e. The summed E-state index contributed by atoms with van der Waals surface area (Å²) >= 11 is 0. The highest BCUT2D eigenvalue weighted by atomic mass is 16.4. The molecule has 2 rings (SSSR count). The van der Waals surface area contributed by atoms with Crippen LogP contribution in [-0.4, -0.2) is 84.5 Å². The summed E-state index contributed by atoms with van der Waals surface area (Å²) in [5, 5.41) is 8.79. The third-order valence-corrected chi connectivity index (χ3v) is 4.39. The van der Waals surface area contributed by atoms with E-state index in [1.807, 2.05) is 4.90 Å². The van der Waals surface area contributed by atoms with Crippen LogP contribution < -0.4 is 0 Å². The number of carboxylic acid groups (broad SMARTS) is 1. The van der Waals surface area contributed by atoms with Crippen molar-refractivity contribution in [3.05, 3.63) is 0 Å². The van der Waals surface area contributed by atoms with Gasteiger partial charge in [0.05, 0.1) is 6.54 Å². The van der Waals surface area contributed by atoms with Crippen LogP contribution in [0, 0.1) is 5.92 Å². The summed E-state index contributed by atoms with van der Waals surface area (Å²) in [5.74, 6) is -0.296. The molecule has 2 aliphatic rings. The highest BCUT2D eigenvalue weighted by Gasteiger charge is 2.26. The number of piperidine rings is 1. The number of likely N-dealkylation sites (tertiary alicyclic amines) is 1. The number of carbonyl (C=O) groups excluding carboxylic acids is 1. The van der Waals surface area contributed by atoms with Crippen LogP contribution in [0.25, 0.3) is 0 Å². The van der Waals surface area contributed by atoms with Gasteiger partial charge >= 0.3 is 5.97 Å². The van der Waals surface area contributed by atoms with Crippen molar-refractivity contribution in [1.29, 1.82) is 0 Å². The van der Waals surface area contributed by atoms with Gasteiger partial charge in [0.25, 0.3) is 0 Å². The van der Waals surface area contributed by atoms with Crippen LogP contribution in [0.15, 0.2) is 0 Å². The summed E-state index contributed by atoms with van der Waals surface area (Å²) in [5.41, 5.74) is 0. The summed E-state index contributed by atoms with van der Waals surface area (Å²) in [6, 6.07) is 0. The zero-order chi connectivity index (χ0) is 14.5. The van der Waals surface area contributed by atoms with Crippen molar-refractivity contribution in [2.45, 2.75) is 19.3 Å². The number of amides is 1. The Morgan fingerprint density at radius 3 is 2.20 bits per heavy atom. The monoisotopic (exact) mass is 283 g/mol. The molecule has 2 fully saturated rings. The number of nitrogens with zero attached hydrogens (tertiary/aromatic N) is 3. The van der Waals surface area contributed by atoms with Crippen LogP contribution in [0.2, 0.25) is 0 Å². The first-order valence-electron chi connectivity index (χ1n) is 7.45. The summed E-state index contributed by atoms with van der Waals surface area (Å²) in [4.78, 5) is 29.3. The van der Waals surface area contributed by atoms with Crippen molar-refractivity contribution in [3.63, 3.8) is 0 Å². The number of carboxylic acids is 1. The highest BCUT2D eigenvalue weighted by Crippen LogP contribution is 2.20. The fraction of sp³-hybridized carbons (Fsp3) is 0.857. The lowest BCUT2D eigenvalue weighted by Crippen LogP contribution is -2.50. The molecule has 2 saturated heterocycles. The van der Waals surface area contributed by atoms with E-state index < -0.39 is 5.97 Å². The fourth-order valence-electron chi connectivity index (χ4n) is 2.93. The molecule has 1 N–H and O–H groups in total. The van der Waals surface area contributed by atoms with E-state index in [0.717, 1.165) is 39.0 Å². The predicted octanol–water partition coefficient (Wildman–Crippen LogP) is -0.0529. The van der Waals surface area contributed by atoms with Crippen LogP contribution in [0.4, 0.5) is 0 Å². The average Bonchev–Trinajstić information content (AvgIpc) is 2.41. The highest BCUT2D eigenvalue weighted by molar-refractivity contribution is 5.78. The van der Waals surface area contributed by atoms with Crippen LogP contribution >= 0.6 is 0 Å². The van der Waals surface area contributed by atoms with E-state index in [1.54, 1.807) is 0 Å². The Morgan fingerprint density at radius 1 is 1.05 bits per heavy atom. The maximum absolute atomic E-state index is 12.2. The first-order chi connectivity index (χ1) is 9.54. The Morgan fingerprint density at radius 2 is 1.65 bits per heavy atom. The van der Waals surface area contributed by atoms with Gasteiger partial charge in [0, 0.05) is 45.7 Å². The zero-order valence-electron chi connectivity index (χ0n) is 12.3. The molecule has 0 aromatic carbocycles. The second-order valence-electron chi connectivity index (χ2n) is 6.00. The van der Waals surface area contributed by atoms with Crippen molar-refractivity contribution in [2.24, 2.45) is 5.92 Å². The maximum atomic E-state index is 12.2. The number of piperazine rings is 1. The molecule has 0 radical (unpaired) electrons. The Bertz CT molecular complexity index is 346. The maximum Gasteiger partial charge on any atom is 0.303 e. The molecule has 0 aliphatic carbocycles. The smallest absolute Gasteiger partial charge is 0.303 e. The molecule has 6 heteroatoms. The molecule has 0 spiro atoms. The van der Waals surface area contributed by atoms with Gasteiger partial charge in [-0.2, -0.15) is 0 Å². The third-order valence-electron chi connectivity index (χ3n) is 4.39. The van der Waals surface area contributed by atoms with Gasteiger partial charge in [-0.25, -0.2) is 0 Å². The third kappa shape index (κ3) is 4.45. The molecule has 2 aliphatic heterocycles. The first-order valence-corrected chi connectivity index (χ1v) is 7.45. The Labute approximate surface area is 120 Å². The molecule has 6 nitrogen and oxygen atoms in total. The molecule has 0 aromatic rings. The van der Waals surface area contributed by atoms with Gasteiger partial charge in [-0.3, -0.25) is 14.5 Å². The SMILES string of the molecule is CN1CCN(CC(=O)N2CCC(CC(=O)O)CC2)CC1. The molecule has 2 heterocycles. The fourth-order valence-corrected chi connectivity index (χ4v) is 2.93. The number of carbonyl (C=O) groups is 2. The number of hydrogen-bond donors (Lipinski definition) is 1. The van der Waals surface area contributed by atoms with Gasteiger partial charge in [0.2, 0.25) is 5.91 Å². The summed E-state index contributed by atoms with van der Waals surface area (Å²) < 4.78 is 0. The number of rotatable bonds is 4. The Kier molecular flexibility index (Phi) is 5.37. The number of aliphatic carboxylic acids is 1. The van der Waals surface area contributed by atoms with Gasteiger partial charge in [-0.15, -0.1) is 0 Å². The first kappa shape index (κ1) is 15.3. The molecule has 0 atom stereocenters. The van der Waals surface area contributed by atoms with Crippen molar-refractivity contribution in [3.8, 4) is 0 Å².